The van der Waals surface area contributed by atoms with E-state index in [4.69, 9.17) is 10.5 Å². The van der Waals surface area contributed by atoms with Crippen molar-refractivity contribution in [3.8, 4) is 0 Å². The Balaban J connectivity index is 2.18. The smallest absolute Gasteiger partial charge is 0.312 e. The summed E-state index contributed by atoms with van der Waals surface area (Å²) in [4.78, 5) is 36.6. The molecule has 0 spiro atoms. The van der Waals surface area contributed by atoms with Crippen molar-refractivity contribution in [2.45, 2.75) is 58.7 Å². The van der Waals surface area contributed by atoms with E-state index in [9.17, 15) is 14.4 Å². The van der Waals surface area contributed by atoms with Crippen molar-refractivity contribution in [1.29, 1.82) is 0 Å². The minimum absolute atomic E-state index is 0.00530. The van der Waals surface area contributed by atoms with E-state index in [0.29, 0.717) is 0 Å². The summed E-state index contributed by atoms with van der Waals surface area (Å²) >= 11 is 0. The topological polar surface area (TPSA) is 111 Å². The Labute approximate surface area is 183 Å². The van der Waals surface area contributed by atoms with Crippen molar-refractivity contribution in [3.05, 3.63) is 70.8 Å². The summed E-state index contributed by atoms with van der Waals surface area (Å²) in [5.41, 5.74) is 8.97. The molecule has 0 aliphatic heterocycles. The number of amides is 3. The molecule has 0 aliphatic rings. The second-order valence-corrected chi connectivity index (χ2v) is 7.95. The second kappa shape index (κ2) is 11.2. The summed E-state index contributed by atoms with van der Waals surface area (Å²) in [6.07, 6.45) is -0.258. The van der Waals surface area contributed by atoms with Crippen LogP contribution in [0.1, 0.15) is 61.0 Å². The average molecular weight is 426 g/mol. The first-order valence-electron chi connectivity index (χ1n) is 10.3. The summed E-state index contributed by atoms with van der Waals surface area (Å²) in [5, 5.41) is 5.54. The van der Waals surface area contributed by atoms with Crippen LogP contribution in [-0.2, 0) is 14.3 Å². The van der Waals surface area contributed by atoms with Crippen LogP contribution >= 0.6 is 0 Å². The maximum Gasteiger partial charge on any atom is 0.312 e. The third-order valence-corrected chi connectivity index (χ3v) is 4.70. The SMILES string of the molecule is Cc1ccc([C@@H](CC(=O)OC(C)C)NC(=O)C[C@@H](NC(N)=O)c2cccc(C)c2)cc1. The van der Waals surface area contributed by atoms with Gasteiger partial charge in [-0.2, -0.15) is 0 Å². The summed E-state index contributed by atoms with van der Waals surface area (Å²) < 4.78 is 5.26. The average Bonchev–Trinajstić information content (AvgIpc) is 2.66. The molecule has 3 amide bonds. The third kappa shape index (κ3) is 8.12. The molecule has 2 aromatic carbocycles. The number of aryl methyl sites for hydroxylation is 2. The summed E-state index contributed by atoms with van der Waals surface area (Å²) in [6, 6.07) is 13.3. The van der Waals surface area contributed by atoms with Crippen LogP contribution in [0.15, 0.2) is 48.5 Å². The zero-order chi connectivity index (χ0) is 23.0. The molecule has 7 nitrogen and oxygen atoms in total. The Morgan fingerprint density at radius 1 is 0.871 bits per heavy atom. The van der Waals surface area contributed by atoms with E-state index in [2.05, 4.69) is 10.6 Å². The highest BCUT2D eigenvalue weighted by molar-refractivity contribution is 5.80. The zero-order valence-corrected chi connectivity index (χ0v) is 18.5. The largest absolute Gasteiger partial charge is 0.463 e. The minimum Gasteiger partial charge on any atom is -0.463 e. The molecule has 0 saturated carbocycles. The molecule has 166 valence electrons. The fraction of sp³-hybridized carbons (Fsp3) is 0.375. The number of carbonyl (C=O) groups is 3. The number of rotatable bonds is 9. The van der Waals surface area contributed by atoms with Gasteiger partial charge in [0.25, 0.3) is 0 Å². The number of esters is 1. The minimum atomic E-state index is -0.713. The van der Waals surface area contributed by atoms with E-state index in [-0.39, 0.29) is 24.9 Å². The first kappa shape index (κ1) is 23.9. The van der Waals surface area contributed by atoms with E-state index in [1.54, 1.807) is 13.8 Å². The number of primary amides is 1. The maximum absolute atomic E-state index is 12.9. The van der Waals surface area contributed by atoms with E-state index in [1.807, 2.05) is 62.4 Å². The Kier molecular flexibility index (Phi) is 8.61. The van der Waals surface area contributed by atoms with Crippen LogP contribution < -0.4 is 16.4 Å². The number of benzene rings is 2. The van der Waals surface area contributed by atoms with Crippen molar-refractivity contribution >= 4 is 17.9 Å². The first-order valence-corrected chi connectivity index (χ1v) is 10.3. The van der Waals surface area contributed by atoms with E-state index >= 15 is 0 Å². The van der Waals surface area contributed by atoms with Crippen LogP contribution in [0.2, 0.25) is 0 Å². The molecule has 0 unspecified atom stereocenters. The summed E-state index contributed by atoms with van der Waals surface area (Å²) in [7, 11) is 0. The maximum atomic E-state index is 12.9. The zero-order valence-electron chi connectivity index (χ0n) is 18.5. The number of hydrogen-bond donors (Lipinski definition) is 3. The highest BCUT2D eigenvalue weighted by Crippen LogP contribution is 2.22. The quantitative estimate of drug-likeness (QED) is 0.533. The van der Waals surface area contributed by atoms with Gasteiger partial charge >= 0.3 is 12.0 Å². The predicted octanol–water partition coefficient (Wildman–Crippen LogP) is 3.60. The van der Waals surface area contributed by atoms with Crippen LogP contribution in [0.5, 0.6) is 0 Å². The van der Waals surface area contributed by atoms with E-state index < -0.39 is 24.1 Å². The Morgan fingerprint density at radius 3 is 2.10 bits per heavy atom. The van der Waals surface area contributed by atoms with Gasteiger partial charge in [0.05, 0.1) is 31.0 Å². The van der Waals surface area contributed by atoms with Crippen LogP contribution in [-0.4, -0.2) is 24.0 Å². The van der Waals surface area contributed by atoms with Crippen LogP contribution in [0.4, 0.5) is 4.79 Å². The number of hydrogen-bond acceptors (Lipinski definition) is 4. The van der Waals surface area contributed by atoms with Crippen molar-refractivity contribution in [1.82, 2.24) is 10.6 Å². The molecule has 0 heterocycles. The number of carbonyl (C=O) groups excluding carboxylic acids is 3. The van der Waals surface area contributed by atoms with Crippen LogP contribution in [0.3, 0.4) is 0 Å². The van der Waals surface area contributed by atoms with Crippen LogP contribution in [0.25, 0.3) is 0 Å². The number of urea groups is 1. The molecular weight excluding hydrogens is 394 g/mol. The Morgan fingerprint density at radius 2 is 1.52 bits per heavy atom. The fourth-order valence-corrected chi connectivity index (χ4v) is 3.28. The molecule has 0 aliphatic carbocycles. The van der Waals surface area contributed by atoms with E-state index in [1.165, 1.54) is 0 Å². The standard InChI is InChI=1S/C24H31N3O4/c1-15(2)31-23(29)14-21(18-10-8-16(3)9-11-18)26-22(28)13-20(27-24(25)30)19-7-5-6-17(4)12-19/h5-12,15,20-21H,13-14H2,1-4H3,(H,26,28)(H3,25,27,30)/t20-,21-/m1/s1. The van der Waals surface area contributed by atoms with Crippen molar-refractivity contribution < 1.29 is 19.1 Å². The van der Waals surface area contributed by atoms with Gasteiger partial charge in [0.1, 0.15) is 0 Å². The molecule has 0 bridgehead atoms. The normalized spacial score (nSPS) is 12.7. The predicted molar refractivity (Wildman–Crippen MR) is 119 cm³/mol. The van der Waals surface area contributed by atoms with Crippen molar-refractivity contribution in [2.24, 2.45) is 5.73 Å². The van der Waals surface area contributed by atoms with Gasteiger partial charge in [-0.1, -0.05) is 59.7 Å². The Hall–Kier alpha value is -3.35. The number of ether oxygens (including phenoxy) is 1. The molecule has 7 heteroatoms. The van der Waals surface area contributed by atoms with Crippen molar-refractivity contribution in [3.63, 3.8) is 0 Å². The lowest BCUT2D eigenvalue weighted by Gasteiger charge is -2.22. The lowest BCUT2D eigenvalue weighted by molar-refractivity contribution is -0.148. The van der Waals surface area contributed by atoms with Gasteiger partial charge < -0.3 is 21.1 Å². The molecule has 0 aromatic heterocycles. The molecule has 0 radical (unpaired) electrons. The Bertz CT molecular complexity index is 909. The number of nitrogens with one attached hydrogen (secondary N) is 2. The summed E-state index contributed by atoms with van der Waals surface area (Å²) in [6.45, 7) is 7.45. The van der Waals surface area contributed by atoms with Gasteiger partial charge in [0.15, 0.2) is 0 Å². The fourth-order valence-electron chi connectivity index (χ4n) is 3.28. The highest BCUT2D eigenvalue weighted by Gasteiger charge is 2.23. The van der Waals surface area contributed by atoms with Gasteiger partial charge in [-0.15, -0.1) is 0 Å². The molecule has 0 saturated heterocycles. The molecule has 2 rings (SSSR count). The second-order valence-electron chi connectivity index (χ2n) is 7.95. The molecule has 31 heavy (non-hydrogen) atoms. The monoisotopic (exact) mass is 425 g/mol. The number of nitrogens with two attached hydrogens (primary N) is 1. The lowest BCUT2D eigenvalue weighted by atomic mass is 9.99. The van der Waals surface area contributed by atoms with Gasteiger partial charge in [-0.25, -0.2) is 4.79 Å². The van der Waals surface area contributed by atoms with Gasteiger partial charge in [0, 0.05) is 0 Å². The van der Waals surface area contributed by atoms with Crippen molar-refractivity contribution in [2.75, 3.05) is 0 Å². The van der Waals surface area contributed by atoms with Gasteiger partial charge in [0.2, 0.25) is 5.91 Å². The summed E-state index contributed by atoms with van der Waals surface area (Å²) in [5.74, 6) is -0.713. The van der Waals surface area contributed by atoms with Gasteiger partial charge in [-0.05, 0) is 38.8 Å². The molecule has 0 fully saturated rings. The highest BCUT2D eigenvalue weighted by atomic mass is 16.5. The molecule has 4 N–H and O–H groups in total. The van der Waals surface area contributed by atoms with Crippen LogP contribution in [0, 0.1) is 13.8 Å². The molecule has 2 atom stereocenters. The first-order chi connectivity index (χ1) is 14.6. The van der Waals surface area contributed by atoms with Gasteiger partial charge in [-0.3, -0.25) is 9.59 Å². The molecule has 2 aromatic rings. The third-order valence-electron chi connectivity index (χ3n) is 4.70. The van der Waals surface area contributed by atoms with E-state index in [0.717, 1.165) is 22.3 Å². The molecular formula is C24H31N3O4. The lowest BCUT2D eigenvalue weighted by Crippen LogP contribution is -2.38.